The number of nitrogens with zero attached hydrogens (tertiary/aromatic N) is 1. The van der Waals surface area contributed by atoms with Crippen LogP contribution in [0.25, 0.3) is 0 Å². The van der Waals surface area contributed by atoms with Gasteiger partial charge in [-0.25, -0.2) is 0 Å². The molecule has 238 valence electrons. The van der Waals surface area contributed by atoms with Crippen LogP contribution in [0, 0.1) is 0 Å². The fourth-order valence-electron chi connectivity index (χ4n) is 6.51. The first-order valence-corrected chi connectivity index (χ1v) is 18.3. The van der Waals surface area contributed by atoms with Gasteiger partial charge in [0.1, 0.15) is 6.23 Å². The highest BCUT2D eigenvalue weighted by molar-refractivity contribution is 5.85. The quantitative estimate of drug-likeness (QED) is 0.0850. The second-order valence-electron chi connectivity index (χ2n) is 13.0. The largest absolute Gasteiger partial charge is 0.391 e. The van der Waals surface area contributed by atoms with Gasteiger partial charge >= 0.3 is 0 Å². The van der Waals surface area contributed by atoms with Crippen LogP contribution in [0.4, 0.5) is 0 Å². The molecule has 0 aromatic heterocycles. The number of hydrogen-bond donors (Lipinski definition) is 2. The summed E-state index contributed by atoms with van der Waals surface area (Å²) in [5.74, 6) is 0.137. The molecule has 0 aromatic rings. The molecule has 1 aliphatic rings. The first-order chi connectivity index (χ1) is 19.6. The maximum Gasteiger partial charge on any atom is 0.152 e. The highest BCUT2D eigenvalue weighted by atomic mass is 16.3. The van der Waals surface area contributed by atoms with E-state index in [0.717, 1.165) is 25.7 Å². The van der Waals surface area contributed by atoms with Gasteiger partial charge in [0.05, 0.1) is 12.1 Å². The number of rotatable bonds is 30. The van der Waals surface area contributed by atoms with Crippen molar-refractivity contribution in [2.45, 2.75) is 218 Å². The average molecular weight is 566 g/mol. The van der Waals surface area contributed by atoms with E-state index >= 15 is 0 Å². The summed E-state index contributed by atoms with van der Waals surface area (Å²) >= 11 is 0. The van der Waals surface area contributed by atoms with Gasteiger partial charge in [-0.05, 0) is 25.7 Å². The Morgan fingerprint density at radius 2 is 0.950 bits per heavy atom. The Bertz CT molecular complexity index is 554. The van der Waals surface area contributed by atoms with Crippen LogP contribution in [0.2, 0.25) is 0 Å². The zero-order chi connectivity index (χ0) is 29.1. The van der Waals surface area contributed by atoms with E-state index in [9.17, 15) is 15.0 Å². The molecule has 1 saturated heterocycles. The number of unbranched alkanes of at least 4 members (excludes halogenated alkanes) is 24. The molecular formula is C36H71NO3. The molecule has 2 N–H and O–H groups in total. The molecule has 0 aliphatic carbocycles. The van der Waals surface area contributed by atoms with Crippen molar-refractivity contribution in [3.05, 3.63) is 0 Å². The van der Waals surface area contributed by atoms with Crippen LogP contribution in [-0.2, 0) is 4.79 Å². The van der Waals surface area contributed by atoms with Crippen molar-refractivity contribution in [1.29, 1.82) is 0 Å². The zero-order valence-electron chi connectivity index (χ0n) is 27.2. The Kier molecular flexibility index (Phi) is 25.7. The number of ketones is 1. The predicted octanol–water partition coefficient (Wildman–Crippen LogP) is 10.3. The Hall–Kier alpha value is -0.450. The second kappa shape index (κ2) is 27.4. The number of aliphatic hydroxyl groups is 2. The predicted molar refractivity (Wildman–Crippen MR) is 173 cm³/mol. The highest BCUT2D eigenvalue weighted by Gasteiger charge is 2.40. The van der Waals surface area contributed by atoms with Crippen molar-refractivity contribution in [2.24, 2.45) is 0 Å². The number of carbonyl (C=O) groups excluding carboxylic acids is 1. The van der Waals surface area contributed by atoms with Crippen molar-refractivity contribution in [3.63, 3.8) is 0 Å². The van der Waals surface area contributed by atoms with Crippen LogP contribution < -0.4 is 0 Å². The summed E-state index contributed by atoms with van der Waals surface area (Å²) in [7, 11) is 0. The number of hydrogen-bond acceptors (Lipinski definition) is 4. The molecule has 0 spiro atoms. The zero-order valence-corrected chi connectivity index (χ0v) is 27.2. The lowest BCUT2D eigenvalue weighted by atomic mass is 10.00. The van der Waals surface area contributed by atoms with E-state index in [1.54, 1.807) is 0 Å². The minimum absolute atomic E-state index is 0.137. The second-order valence-corrected chi connectivity index (χ2v) is 13.0. The Balaban J connectivity index is 2.03. The van der Waals surface area contributed by atoms with E-state index in [-0.39, 0.29) is 5.78 Å². The SMILES string of the molecule is CCCCCCCCCCCCCCCC(=O)C1C(O)CCN1C(O)CCCCCCCCCCCCCCC. The first-order valence-electron chi connectivity index (χ1n) is 18.3. The maximum absolute atomic E-state index is 12.9. The molecule has 3 unspecified atom stereocenters. The average Bonchev–Trinajstić information content (AvgIpc) is 3.35. The summed E-state index contributed by atoms with van der Waals surface area (Å²) in [5, 5.41) is 21.3. The van der Waals surface area contributed by atoms with Crippen LogP contribution >= 0.6 is 0 Å². The van der Waals surface area contributed by atoms with Gasteiger partial charge in [-0.15, -0.1) is 0 Å². The lowest BCUT2D eigenvalue weighted by molar-refractivity contribution is -0.131. The molecule has 3 atom stereocenters. The molecule has 40 heavy (non-hydrogen) atoms. The third kappa shape index (κ3) is 19.6. The van der Waals surface area contributed by atoms with Gasteiger partial charge in [-0.1, -0.05) is 168 Å². The lowest BCUT2D eigenvalue weighted by Crippen LogP contribution is -2.47. The van der Waals surface area contributed by atoms with Crippen LogP contribution in [0.1, 0.15) is 200 Å². The maximum atomic E-state index is 12.9. The summed E-state index contributed by atoms with van der Waals surface area (Å²) < 4.78 is 0. The third-order valence-electron chi connectivity index (χ3n) is 9.21. The van der Waals surface area contributed by atoms with Gasteiger partial charge in [0.25, 0.3) is 0 Å². The Morgan fingerprint density at radius 3 is 1.35 bits per heavy atom. The first kappa shape index (κ1) is 37.6. The Labute approximate surface area is 250 Å². The fourth-order valence-corrected chi connectivity index (χ4v) is 6.51. The lowest BCUT2D eigenvalue weighted by Gasteiger charge is -2.29. The number of aliphatic hydroxyl groups excluding tert-OH is 2. The molecule has 1 fully saturated rings. The van der Waals surface area contributed by atoms with Gasteiger partial charge in [0, 0.05) is 13.0 Å². The molecule has 0 aromatic carbocycles. The summed E-state index contributed by atoms with van der Waals surface area (Å²) in [6.07, 6.45) is 34.7. The molecule has 4 heteroatoms. The van der Waals surface area contributed by atoms with E-state index < -0.39 is 18.4 Å². The van der Waals surface area contributed by atoms with Crippen molar-refractivity contribution in [1.82, 2.24) is 4.90 Å². The fraction of sp³-hybridized carbons (Fsp3) is 0.972. The van der Waals surface area contributed by atoms with Crippen LogP contribution in [0.5, 0.6) is 0 Å². The summed E-state index contributed by atoms with van der Waals surface area (Å²) in [4.78, 5) is 14.8. The molecule has 0 radical (unpaired) electrons. The summed E-state index contributed by atoms with van der Waals surface area (Å²) in [6, 6.07) is -0.491. The molecule has 0 saturated carbocycles. The Morgan fingerprint density at radius 1 is 0.600 bits per heavy atom. The molecule has 0 amide bonds. The van der Waals surface area contributed by atoms with Gasteiger partial charge < -0.3 is 10.2 Å². The monoisotopic (exact) mass is 566 g/mol. The molecule has 1 rings (SSSR count). The van der Waals surface area contributed by atoms with Crippen molar-refractivity contribution >= 4 is 5.78 Å². The van der Waals surface area contributed by atoms with Gasteiger partial charge in [0.2, 0.25) is 0 Å². The standard InChI is InChI=1S/C36H71NO3/c1-3-5-7-9-11-13-15-17-19-21-23-25-27-29-33(38)36-34(39)31-32-37(36)35(40)30-28-26-24-22-20-18-16-14-12-10-8-6-4-2/h34-36,39-40H,3-32H2,1-2H3. The van der Waals surface area contributed by atoms with E-state index in [0.29, 0.717) is 25.8 Å². The van der Waals surface area contributed by atoms with Gasteiger partial charge in [-0.2, -0.15) is 0 Å². The van der Waals surface area contributed by atoms with Crippen molar-refractivity contribution in [3.8, 4) is 0 Å². The molecular weight excluding hydrogens is 494 g/mol. The molecule has 0 bridgehead atoms. The molecule has 1 heterocycles. The molecule has 1 aliphatic heterocycles. The topological polar surface area (TPSA) is 60.8 Å². The number of Topliss-reactive ketones (excluding diaryl/α,β-unsaturated/α-hetero) is 1. The van der Waals surface area contributed by atoms with Gasteiger partial charge in [0.15, 0.2) is 5.78 Å². The van der Waals surface area contributed by atoms with E-state index in [1.165, 1.54) is 141 Å². The van der Waals surface area contributed by atoms with E-state index in [4.69, 9.17) is 0 Å². The van der Waals surface area contributed by atoms with Crippen LogP contribution in [0.3, 0.4) is 0 Å². The smallest absolute Gasteiger partial charge is 0.152 e. The van der Waals surface area contributed by atoms with Crippen molar-refractivity contribution in [2.75, 3.05) is 6.54 Å². The van der Waals surface area contributed by atoms with Gasteiger partial charge in [-0.3, -0.25) is 9.69 Å². The van der Waals surface area contributed by atoms with Crippen molar-refractivity contribution < 1.29 is 15.0 Å². The van der Waals surface area contributed by atoms with Crippen LogP contribution in [0.15, 0.2) is 0 Å². The molecule has 4 nitrogen and oxygen atoms in total. The number of likely N-dealkylation sites (tertiary alicyclic amines) is 1. The number of carbonyl (C=O) groups is 1. The summed E-state index contributed by atoms with van der Waals surface area (Å²) in [5.41, 5.74) is 0. The van der Waals surface area contributed by atoms with Crippen LogP contribution in [-0.4, -0.2) is 45.8 Å². The van der Waals surface area contributed by atoms with E-state index in [2.05, 4.69) is 13.8 Å². The summed E-state index contributed by atoms with van der Waals surface area (Å²) in [6.45, 7) is 5.18. The minimum Gasteiger partial charge on any atom is -0.391 e. The normalized spacial score (nSPS) is 18.5. The third-order valence-corrected chi connectivity index (χ3v) is 9.21. The minimum atomic E-state index is -0.615. The highest BCUT2D eigenvalue weighted by Crippen LogP contribution is 2.25. The van der Waals surface area contributed by atoms with E-state index in [1.807, 2.05) is 4.90 Å².